The highest BCUT2D eigenvalue weighted by atomic mass is 35.5. The summed E-state index contributed by atoms with van der Waals surface area (Å²) in [5, 5.41) is 14.1. The summed E-state index contributed by atoms with van der Waals surface area (Å²) in [5.41, 5.74) is 3.26. The van der Waals surface area contributed by atoms with Crippen molar-refractivity contribution in [2.45, 2.75) is 19.5 Å². The number of carbonyl (C=O) groups is 2. The van der Waals surface area contributed by atoms with Gasteiger partial charge in [0.2, 0.25) is 0 Å². The number of aromatic carboxylic acids is 1. The maximum atomic E-state index is 13.2. The van der Waals surface area contributed by atoms with Gasteiger partial charge in [0.05, 0.1) is 22.7 Å². The number of benzene rings is 3. The summed E-state index contributed by atoms with van der Waals surface area (Å²) in [6.45, 7) is 2.40. The molecule has 7 heteroatoms. The van der Waals surface area contributed by atoms with Crippen molar-refractivity contribution in [3.63, 3.8) is 0 Å². The summed E-state index contributed by atoms with van der Waals surface area (Å²) in [4.78, 5) is 24.3. The van der Waals surface area contributed by atoms with E-state index in [4.69, 9.17) is 28.3 Å². The third-order valence-corrected chi connectivity index (χ3v) is 5.77. The molecule has 1 atom stereocenters. The molecule has 4 rings (SSSR count). The van der Waals surface area contributed by atoms with Crippen molar-refractivity contribution in [2.24, 2.45) is 0 Å². The Kier molecular flexibility index (Phi) is 6.21. The summed E-state index contributed by atoms with van der Waals surface area (Å²) in [6.07, 6.45) is 1.92. The van der Waals surface area contributed by atoms with Crippen molar-refractivity contribution in [1.82, 2.24) is 9.88 Å². The van der Waals surface area contributed by atoms with E-state index in [0.29, 0.717) is 22.2 Å². The second kappa shape index (κ2) is 9.07. The Morgan fingerprint density at radius 1 is 1.00 bits per heavy atom. The first-order valence-corrected chi connectivity index (χ1v) is 10.7. The predicted octanol–water partition coefficient (Wildman–Crippen LogP) is 6.19. The van der Waals surface area contributed by atoms with E-state index in [2.05, 4.69) is 5.32 Å². The van der Waals surface area contributed by atoms with Gasteiger partial charge < -0.3 is 15.0 Å². The topological polar surface area (TPSA) is 71.3 Å². The van der Waals surface area contributed by atoms with Crippen LogP contribution in [0.25, 0.3) is 10.9 Å². The Bertz CT molecular complexity index is 1310. The van der Waals surface area contributed by atoms with Crippen LogP contribution in [0.3, 0.4) is 0 Å². The van der Waals surface area contributed by atoms with Crippen LogP contribution in [-0.2, 0) is 6.54 Å². The molecule has 1 heterocycles. The van der Waals surface area contributed by atoms with E-state index >= 15 is 0 Å². The van der Waals surface area contributed by atoms with Crippen LogP contribution in [0.2, 0.25) is 10.0 Å². The van der Waals surface area contributed by atoms with Crippen LogP contribution in [0.5, 0.6) is 0 Å². The zero-order chi connectivity index (χ0) is 22.8. The number of rotatable bonds is 6. The quantitative estimate of drug-likeness (QED) is 0.356. The van der Waals surface area contributed by atoms with E-state index < -0.39 is 5.97 Å². The minimum atomic E-state index is -0.991. The molecule has 0 spiro atoms. The fraction of sp³-hybridized carbons (Fsp3) is 0.120. The van der Waals surface area contributed by atoms with Crippen LogP contribution < -0.4 is 5.32 Å². The van der Waals surface area contributed by atoms with Crippen molar-refractivity contribution in [3.8, 4) is 0 Å². The second-order valence-electron chi connectivity index (χ2n) is 7.59. The Hall–Kier alpha value is -3.28. The Balaban J connectivity index is 1.64. The van der Waals surface area contributed by atoms with Crippen molar-refractivity contribution >= 4 is 46.0 Å². The third kappa shape index (κ3) is 4.64. The molecule has 0 aliphatic rings. The van der Waals surface area contributed by atoms with Crippen molar-refractivity contribution in [1.29, 1.82) is 0 Å². The minimum absolute atomic E-state index is 0.197. The van der Waals surface area contributed by atoms with Crippen LogP contribution in [0.15, 0.2) is 72.9 Å². The Morgan fingerprint density at radius 3 is 2.44 bits per heavy atom. The van der Waals surface area contributed by atoms with Gasteiger partial charge >= 0.3 is 5.97 Å². The zero-order valence-corrected chi connectivity index (χ0v) is 18.7. The van der Waals surface area contributed by atoms with Gasteiger partial charge in [-0.05, 0) is 60.5 Å². The molecule has 0 saturated carbocycles. The third-order valence-electron chi connectivity index (χ3n) is 5.32. The SMILES string of the molecule is CC(NC(=O)c1cc(Cl)cc2ccn(Cc3cccc(Cl)c3)c12)c1ccc(C(=O)O)cc1. The van der Waals surface area contributed by atoms with Gasteiger partial charge in [-0.25, -0.2) is 4.79 Å². The summed E-state index contributed by atoms with van der Waals surface area (Å²) < 4.78 is 2.00. The smallest absolute Gasteiger partial charge is 0.335 e. The normalized spacial score (nSPS) is 12.0. The first kappa shape index (κ1) is 21.9. The van der Waals surface area contributed by atoms with E-state index in [1.54, 1.807) is 18.2 Å². The Labute approximate surface area is 195 Å². The molecule has 5 nitrogen and oxygen atoms in total. The first-order chi connectivity index (χ1) is 15.3. The number of carbonyl (C=O) groups excluding carboxylic acids is 1. The largest absolute Gasteiger partial charge is 0.478 e. The fourth-order valence-corrected chi connectivity index (χ4v) is 4.16. The van der Waals surface area contributed by atoms with E-state index in [-0.39, 0.29) is 17.5 Å². The molecule has 162 valence electrons. The van der Waals surface area contributed by atoms with E-state index in [1.165, 1.54) is 12.1 Å². The van der Waals surface area contributed by atoms with Gasteiger partial charge in [0.1, 0.15) is 0 Å². The lowest BCUT2D eigenvalue weighted by atomic mass is 10.0. The fourth-order valence-electron chi connectivity index (χ4n) is 3.72. The van der Waals surface area contributed by atoms with Crippen molar-refractivity contribution in [2.75, 3.05) is 0 Å². The number of hydrogen-bond acceptors (Lipinski definition) is 2. The molecule has 3 aromatic carbocycles. The van der Waals surface area contributed by atoms with Crippen LogP contribution in [0.4, 0.5) is 0 Å². The molecule has 0 fully saturated rings. The molecule has 1 amide bonds. The Morgan fingerprint density at radius 2 is 1.75 bits per heavy atom. The molecule has 1 aromatic heterocycles. The van der Waals surface area contributed by atoms with Crippen LogP contribution in [0, 0.1) is 0 Å². The van der Waals surface area contributed by atoms with Gasteiger partial charge in [0.15, 0.2) is 0 Å². The number of halogens is 2. The summed E-state index contributed by atoms with van der Waals surface area (Å²) in [6, 6.07) is 19.1. The standard InChI is InChI=1S/C25H20Cl2N2O3/c1-15(17-5-7-18(8-6-17)25(31)32)28-24(30)22-13-21(27)12-19-9-10-29(23(19)22)14-16-3-2-4-20(26)11-16/h2-13,15H,14H2,1H3,(H,28,30)(H,31,32). The van der Waals surface area contributed by atoms with Crippen molar-refractivity contribution < 1.29 is 14.7 Å². The van der Waals surface area contributed by atoms with Crippen LogP contribution in [-0.4, -0.2) is 21.6 Å². The molecule has 2 N–H and O–H groups in total. The number of fused-ring (bicyclic) bond motifs is 1. The lowest BCUT2D eigenvalue weighted by Crippen LogP contribution is -2.27. The van der Waals surface area contributed by atoms with Crippen molar-refractivity contribution in [3.05, 3.63) is 105 Å². The van der Waals surface area contributed by atoms with Crippen LogP contribution in [0.1, 0.15) is 44.8 Å². The van der Waals surface area contributed by atoms with Gasteiger partial charge in [-0.1, -0.05) is 47.5 Å². The molecule has 0 saturated heterocycles. The lowest BCUT2D eigenvalue weighted by Gasteiger charge is -2.16. The summed E-state index contributed by atoms with van der Waals surface area (Å²) in [7, 11) is 0. The second-order valence-corrected chi connectivity index (χ2v) is 8.46. The van der Waals surface area contributed by atoms with Gasteiger partial charge in [0.25, 0.3) is 5.91 Å². The van der Waals surface area contributed by atoms with E-state index in [1.807, 2.05) is 54.1 Å². The average Bonchev–Trinajstić information content (AvgIpc) is 3.15. The van der Waals surface area contributed by atoms with Gasteiger partial charge in [-0.15, -0.1) is 0 Å². The molecule has 4 aromatic rings. The molecule has 0 bridgehead atoms. The molecule has 0 radical (unpaired) electrons. The molecule has 0 aliphatic carbocycles. The molecule has 0 aliphatic heterocycles. The van der Waals surface area contributed by atoms with Gasteiger partial charge in [-0.3, -0.25) is 4.79 Å². The number of carboxylic acids is 1. The molecule has 32 heavy (non-hydrogen) atoms. The summed E-state index contributed by atoms with van der Waals surface area (Å²) >= 11 is 12.4. The number of amides is 1. The summed E-state index contributed by atoms with van der Waals surface area (Å²) in [5.74, 6) is -1.26. The highest BCUT2D eigenvalue weighted by molar-refractivity contribution is 6.32. The number of nitrogens with one attached hydrogen (secondary N) is 1. The number of aromatic nitrogens is 1. The highest BCUT2D eigenvalue weighted by Crippen LogP contribution is 2.27. The lowest BCUT2D eigenvalue weighted by molar-refractivity contribution is 0.0696. The maximum absolute atomic E-state index is 13.2. The minimum Gasteiger partial charge on any atom is -0.478 e. The average molecular weight is 467 g/mol. The molecular weight excluding hydrogens is 447 g/mol. The highest BCUT2D eigenvalue weighted by Gasteiger charge is 2.18. The van der Waals surface area contributed by atoms with Gasteiger partial charge in [0, 0.05) is 28.2 Å². The monoisotopic (exact) mass is 466 g/mol. The zero-order valence-electron chi connectivity index (χ0n) is 17.2. The van der Waals surface area contributed by atoms with E-state index in [0.717, 1.165) is 22.0 Å². The van der Waals surface area contributed by atoms with E-state index in [9.17, 15) is 9.59 Å². The predicted molar refractivity (Wildman–Crippen MR) is 127 cm³/mol. The number of nitrogens with zero attached hydrogens (tertiary/aromatic N) is 1. The number of hydrogen-bond donors (Lipinski definition) is 2. The molecular formula is C25H20Cl2N2O3. The van der Waals surface area contributed by atoms with Crippen LogP contribution >= 0.6 is 23.2 Å². The number of carboxylic acid groups (broad SMARTS) is 1. The van der Waals surface area contributed by atoms with Gasteiger partial charge in [-0.2, -0.15) is 0 Å². The first-order valence-electron chi connectivity index (χ1n) is 9.99. The molecule has 1 unspecified atom stereocenters. The maximum Gasteiger partial charge on any atom is 0.335 e.